The van der Waals surface area contributed by atoms with Gasteiger partial charge in [-0.05, 0) is 118 Å². The Labute approximate surface area is 284 Å². The first-order chi connectivity index (χ1) is 21.3. The third-order valence-corrected chi connectivity index (χ3v) is 8.46. The van der Waals surface area contributed by atoms with Gasteiger partial charge in [-0.1, -0.05) is 16.9 Å². The number of aromatic nitrogens is 1. The summed E-state index contributed by atoms with van der Waals surface area (Å²) in [4.78, 5) is 40.8. The van der Waals surface area contributed by atoms with Gasteiger partial charge in [0.1, 0.15) is 16.2 Å². The zero-order valence-electron chi connectivity index (χ0n) is 29.6. The second-order valence-corrected chi connectivity index (χ2v) is 16.7. The number of nitrogens with zero attached hydrogens (tertiary/aromatic N) is 1. The first-order valence-corrected chi connectivity index (χ1v) is 18.3. The van der Waals surface area contributed by atoms with E-state index in [-0.39, 0.29) is 12.0 Å². The molecule has 0 aliphatic rings. The predicted octanol–water partition coefficient (Wildman–Crippen LogP) is 6.90. The van der Waals surface area contributed by atoms with Crippen LogP contribution in [0.5, 0.6) is 0 Å². The fourth-order valence-electron chi connectivity index (χ4n) is 3.94. The van der Waals surface area contributed by atoms with Crippen LogP contribution in [0.4, 0.5) is 9.59 Å². The van der Waals surface area contributed by atoms with E-state index in [4.69, 9.17) is 18.9 Å². The maximum Gasteiger partial charge on any atom is 0.407 e. The fraction of sp³-hybridized carbons (Fsp3) is 0.758. The van der Waals surface area contributed by atoms with Crippen LogP contribution in [0, 0.1) is 0 Å². The van der Waals surface area contributed by atoms with Crippen molar-refractivity contribution in [1.29, 1.82) is 0 Å². The number of amides is 3. The number of rotatable bonds is 20. The first-order valence-electron chi connectivity index (χ1n) is 16.0. The van der Waals surface area contributed by atoms with Gasteiger partial charge in [-0.3, -0.25) is 4.79 Å². The molecule has 0 atom stereocenters. The standard InChI is InChI=1S/C33H58N4O7S2/c1-30(2,3)43-28(39)36-20-14-25(15-21-37-29(40)44-31(4,5)6)42-33(9,10)18-23-41-32(7,8)17-22-34-26(38)16-24-45-46-27-13-11-12-19-35-27/h11-13,19,25H,14-18,20-24H2,1-10H3,(H,34,38)(H,36,39)(H,37,40). The Morgan fingerprint density at radius 2 is 1.37 bits per heavy atom. The van der Waals surface area contributed by atoms with Gasteiger partial charge >= 0.3 is 12.2 Å². The van der Waals surface area contributed by atoms with E-state index in [0.29, 0.717) is 64.1 Å². The van der Waals surface area contributed by atoms with Crippen LogP contribution >= 0.6 is 21.6 Å². The number of pyridine rings is 1. The summed E-state index contributed by atoms with van der Waals surface area (Å²) in [6.45, 7) is 20.6. The highest BCUT2D eigenvalue weighted by Gasteiger charge is 2.27. The van der Waals surface area contributed by atoms with E-state index in [1.54, 1.807) is 27.8 Å². The van der Waals surface area contributed by atoms with Crippen molar-refractivity contribution in [2.75, 3.05) is 32.0 Å². The molecule has 0 radical (unpaired) electrons. The molecule has 3 amide bonds. The van der Waals surface area contributed by atoms with E-state index in [2.05, 4.69) is 20.9 Å². The van der Waals surface area contributed by atoms with Crippen LogP contribution in [0.2, 0.25) is 0 Å². The summed E-state index contributed by atoms with van der Waals surface area (Å²) in [6.07, 6.45) is 3.35. The van der Waals surface area contributed by atoms with Crippen molar-refractivity contribution in [2.24, 2.45) is 0 Å². The van der Waals surface area contributed by atoms with Crippen LogP contribution < -0.4 is 16.0 Å². The van der Waals surface area contributed by atoms with Crippen molar-refractivity contribution in [1.82, 2.24) is 20.9 Å². The molecule has 0 saturated carbocycles. The van der Waals surface area contributed by atoms with Gasteiger partial charge in [0.15, 0.2) is 0 Å². The third kappa shape index (κ3) is 23.2. The van der Waals surface area contributed by atoms with E-state index >= 15 is 0 Å². The highest BCUT2D eigenvalue weighted by atomic mass is 33.1. The molecule has 0 aliphatic carbocycles. The van der Waals surface area contributed by atoms with Crippen molar-refractivity contribution in [2.45, 2.75) is 135 Å². The second-order valence-electron chi connectivity index (χ2n) is 14.2. The summed E-state index contributed by atoms with van der Waals surface area (Å²) in [5, 5.41) is 9.49. The van der Waals surface area contributed by atoms with Crippen molar-refractivity contribution in [3.05, 3.63) is 24.4 Å². The average molecular weight is 687 g/mol. The highest BCUT2D eigenvalue weighted by Crippen LogP contribution is 2.29. The molecule has 3 N–H and O–H groups in total. The summed E-state index contributed by atoms with van der Waals surface area (Å²) < 4.78 is 23.3. The van der Waals surface area contributed by atoms with Gasteiger partial charge in [0.05, 0.1) is 23.9 Å². The van der Waals surface area contributed by atoms with Crippen molar-refractivity contribution < 1.29 is 33.3 Å². The minimum atomic E-state index is -0.586. The molecule has 1 aromatic rings. The normalized spacial score (nSPS) is 12.5. The van der Waals surface area contributed by atoms with Crippen LogP contribution in [0.25, 0.3) is 0 Å². The molecule has 13 heteroatoms. The number of carbonyl (C=O) groups is 3. The number of alkyl carbamates (subject to hydrolysis) is 2. The average Bonchev–Trinajstić information content (AvgIpc) is 2.89. The minimum absolute atomic E-state index is 0.0211. The van der Waals surface area contributed by atoms with Crippen molar-refractivity contribution >= 4 is 39.7 Å². The summed E-state index contributed by atoms with van der Waals surface area (Å²) >= 11 is 0. The van der Waals surface area contributed by atoms with Gasteiger partial charge in [0.2, 0.25) is 5.91 Å². The fourth-order valence-corrected chi connectivity index (χ4v) is 5.81. The van der Waals surface area contributed by atoms with Gasteiger partial charge in [-0.25, -0.2) is 14.6 Å². The van der Waals surface area contributed by atoms with Gasteiger partial charge in [-0.2, -0.15) is 0 Å². The van der Waals surface area contributed by atoms with Crippen LogP contribution in [0.3, 0.4) is 0 Å². The summed E-state index contributed by atoms with van der Waals surface area (Å²) in [5.74, 6) is 0.727. The van der Waals surface area contributed by atoms with E-state index in [1.165, 1.54) is 0 Å². The van der Waals surface area contributed by atoms with E-state index in [0.717, 1.165) is 5.03 Å². The van der Waals surface area contributed by atoms with Crippen LogP contribution in [0.1, 0.15) is 101 Å². The Morgan fingerprint density at radius 3 is 1.89 bits per heavy atom. The summed E-state index contributed by atoms with van der Waals surface area (Å²) in [5.41, 5.74) is -2.13. The van der Waals surface area contributed by atoms with E-state index in [1.807, 2.05) is 87.4 Å². The molecule has 0 saturated heterocycles. The van der Waals surface area contributed by atoms with E-state index < -0.39 is 34.6 Å². The number of hydrogen-bond donors (Lipinski definition) is 3. The number of nitrogens with one attached hydrogen (secondary N) is 3. The van der Waals surface area contributed by atoms with Crippen LogP contribution in [-0.2, 0) is 23.7 Å². The first kappa shape index (κ1) is 41.8. The molecule has 0 aromatic carbocycles. The zero-order chi connectivity index (χ0) is 34.9. The lowest BCUT2D eigenvalue weighted by Gasteiger charge is -2.33. The molecule has 46 heavy (non-hydrogen) atoms. The van der Waals surface area contributed by atoms with Crippen LogP contribution in [0.15, 0.2) is 29.4 Å². The van der Waals surface area contributed by atoms with Crippen molar-refractivity contribution in [3.63, 3.8) is 0 Å². The van der Waals surface area contributed by atoms with Gasteiger partial charge in [0.25, 0.3) is 0 Å². The molecule has 11 nitrogen and oxygen atoms in total. The highest BCUT2D eigenvalue weighted by molar-refractivity contribution is 8.76. The number of carbonyl (C=O) groups excluding carboxylic acids is 3. The third-order valence-electron chi connectivity index (χ3n) is 6.20. The molecule has 1 heterocycles. The maximum atomic E-state index is 12.3. The van der Waals surface area contributed by atoms with Gasteiger partial charge in [-0.15, -0.1) is 0 Å². The maximum absolute atomic E-state index is 12.3. The SMILES string of the molecule is CC(C)(C)OC(=O)NCCC(CCNC(=O)OC(C)(C)C)OC(C)(C)CCOC(C)(C)CCNC(=O)CCSSc1ccccn1. The lowest BCUT2D eigenvalue weighted by Crippen LogP contribution is -2.39. The molecular formula is C33H58N4O7S2. The van der Waals surface area contributed by atoms with Gasteiger partial charge < -0.3 is 34.9 Å². The molecular weight excluding hydrogens is 629 g/mol. The minimum Gasteiger partial charge on any atom is -0.444 e. The second kappa shape index (κ2) is 20.2. The summed E-state index contributed by atoms with van der Waals surface area (Å²) in [7, 11) is 3.18. The summed E-state index contributed by atoms with van der Waals surface area (Å²) in [6, 6.07) is 5.77. The van der Waals surface area contributed by atoms with Crippen molar-refractivity contribution in [3.8, 4) is 0 Å². The van der Waals surface area contributed by atoms with E-state index in [9.17, 15) is 14.4 Å². The lowest BCUT2D eigenvalue weighted by molar-refractivity contribution is -0.121. The molecule has 0 unspecified atom stereocenters. The molecule has 0 spiro atoms. The Bertz CT molecular complexity index is 1010. The van der Waals surface area contributed by atoms with Gasteiger partial charge in [0, 0.05) is 38.0 Å². The smallest absolute Gasteiger partial charge is 0.407 e. The Morgan fingerprint density at radius 1 is 0.783 bits per heavy atom. The largest absolute Gasteiger partial charge is 0.444 e. The van der Waals surface area contributed by atoms with Crippen LogP contribution in [-0.4, -0.2) is 83.6 Å². The Balaban J connectivity index is 2.48. The Hall–Kier alpha value is -2.22. The Kier molecular flexibility index (Phi) is 18.4. The zero-order valence-corrected chi connectivity index (χ0v) is 31.2. The molecule has 264 valence electrons. The number of hydrogen-bond acceptors (Lipinski definition) is 10. The molecule has 0 fully saturated rings. The lowest BCUT2D eigenvalue weighted by atomic mass is 10.0. The molecule has 1 aromatic heterocycles. The number of ether oxygens (including phenoxy) is 4. The molecule has 0 bridgehead atoms. The molecule has 0 aliphatic heterocycles. The topological polar surface area (TPSA) is 137 Å². The quantitative estimate of drug-likeness (QED) is 0.0982. The monoisotopic (exact) mass is 686 g/mol. The molecule has 1 rings (SSSR count). The predicted molar refractivity (Wildman–Crippen MR) is 186 cm³/mol.